The van der Waals surface area contributed by atoms with E-state index in [-0.39, 0.29) is 24.2 Å². The maximum absolute atomic E-state index is 12.1. The quantitative estimate of drug-likeness (QED) is 0.586. The molecular weight excluding hydrogens is 364 g/mol. The number of carbonyl (C=O) groups excluding carboxylic acids is 3. The maximum Gasteiger partial charge on any atom is 0.305 e. The van der Waals surface area contributed by atoms with Crippen molar-refractivity contribution < 1.29 is 28.3 Å². The largest absolute Gasteiger partial charge is 0.479 e. The number of rotatable bonds is 6. The zero-order valence-electron chi connectivity index (χ0n) is 15.5. The van der Waals surface area contributed by atoms with Gasteiger partial charge in [0.05, 0.1) is 19.2 Å². The SMILES string of the molecule is COC(=O)CCc1ccc(/C=C/C(=O)Nc2ccc3c(c2)NC(=O)[C@@H](C)O3)o1. The summed E-state index contributed by atoms with van der Waals surface area (Å²) in [7, 11) is 1.33. The smallest absolute Gasteiger partial charge is 0.305 e. The van der Waals surface area contributed by atoms with E-state index < -0.39 is 6.10 Å². The van der Waals surface area contributed by atoms with Crippen molar-refractivity contribution in [3.8, 4) is 5.75 Å². The lowest BCUT2D eigenvalue weighted by Crippen LogP contribution is -2.34. The molecule has 2 amide bonds. The van der Waals surface area contributed by atoms with E-state index in [1.54, 1.807) is 37.3 Å². The van der Waals surface area contributed by atoms with Crippen molar-refractivity contribution in [3.05, 3.63) is 47.9 Å². The van der Waals surface area contributed by atoms with Gasteiger partial charge in [-0.1, -0.05) is 0 Å². The Bertz CT molecular complexity index is 931. The summed E-state index contributed by atoms with van der Waals surface area (Å²) in [6, 6.07) is 8.46. The summed E-state index contributed by atoms with van der Waals surface area (Å²) < 4.78 is 15.6. The second-order valence-electron chi connectivity index (χ2n) is 6.16. The molecule has 0 aliphatic carbocycles. The van der Waals surface area contributed by atoms with E-state index in [4.69, 9.17) is 9.15 Å². The number of methoxy groups -OCH3 is 1. The molecule has 0 spiro atoms. The molecule has 0 saturated heterocycles. The number of hydrogen-bond donors (Lipinski definition) is 2. The molecule has 28 heavy (non-hydrogen) atoms. The fourth-order valence-electron chi connectivity index (χ4n) is 2.57. The van der Waals surface area contributed by atoms with Gasteiger partial charge in [0.2, 0.25) is 5.91 Å². The first-order valence-electron chi connectivity index (χ1n) is 8.71. The molecule has 0 radical (unpaired) electrons. The standard InChI is InChI=1S/C20H20N2O6/c1-12-20(25)22-16-11-13(3-8-17(16)27-12)21-18(23)9-6-14-4-5-15(28-14)7-10-19(24)26-2/h3-6,8-9,11-12H,7,10H2,1-2H3,(H,21,23)(H,22,25)/b9-6+/t12-/m1/s1. The Hall–Kier alpha value is -3.55. The van der Waals surface area contributed by atoms with E-state index >= 15 is 0 Å². The third-order valence-corrected chi connectivity index (χ3v) is 4.06. The number of nitrogens with one attached hydrogen (secondary N) is 2. The molecule has 8 heteroatoms. The van der Waals surface area contributed by atoms with Crippen LogP contribution < -0.4 is 15.4 Å². The van der Waals surface area contributed by atoms with E-state index in [0.29, 0.717) is 35.1 Å². The van der Waals surface area contributed by atoms with Crippen LogP contribution in [-0.4, -0.2) is 31.0 Å². The van der Waals surface area contributed by atoms with Gasteiger partial charge in [-0.25, -0.2) is 0 Å². The molecule has 2 N–H and O–H groups in total. The van der Waals surface area contributed by atoms with Crippen molar-refractivity contribution in [2.45, 2.75) is 25.9 Å². The minimum absolute atomic E-state index is 0.227. The van der Waals surface area contributed by atoms with Crippen molar-refractivity contribution in [3.63, 3.8) is 0 Å². The zero-order valence-corrected chi connectivity index (χ0v) is 15.5. The molecule has 0 unspecified atom stereocenters. The first-order chi connectivity index (χ1) is 13.4. The van der Waals surface area contributed by atoms with Crippen LogP contribution in [0.25, 0.3) is 6.08 Å². The lowest BCUT2D eigenvalue weighted by atomic mass is 10.2. The lowest BCUT2D eigenvalue weighted by Gasteiger charge is -2.23. The van der Waals surface area contributed by atoms with Crippen molar-refractivity contribution >= 4 is 35.2 Å². The predicted octanol–water partition coefficient (Wildman–Crippen LogP) is 2.76. The van der Waals surface area contributed by atoms with Gasteiger partial charge in [-0.2, -0.15) is 0 Å². The van der Waals surface area contributed by atoms with Gasteiger partial charge in [0.25, 0.3) is 5.91 Å². The van der Waals surface area contributed by atoms with Crippen LogP contribution >= 0.6 is 0 Å². The monoisotopic (exact) mass is 384 g/mol. The van der Waals surface area contributed by atoms with Crippen LogP contribution in [0.2, 0.25) is 0 Å². The van der Waals surface area contributed by atoms with E-state index in [9.17, 15) is 14.4 Å². The molecule has 2 aromatic rings. The highest BCUT2D eigenvalue weighted by atomic mass is 16.5. The van der Waals surface area contributed by atoms with Gasteiger partial charge < -0.3 is 24.5 Å². The van der Waals surface area contributed by atoms with Crippen LogP contribution in [0.15, 0.2) is 40.8 Å². The average Bonchev–Trinajstić information content (AvgIpc) is 3.13. The van der Waals surface area contributed by atoms with Crippen LogP contribution in [-0.2, 0) is 25.5 Å². The topological polar surface area (TPSA) is 107 Å². The molecule has 2 heterocycles. The third-order valence-electron chi connectivity index (χ3n) is 4.06. The van der Waals surface area contributed by atoms with Gasteiger partial charge in [0.1, 0.15) is 17.3 Å². The van der Waals surface area contributed by atoms with Gasteiger partial charge in [-0.3, -0.25) is 14.4 Å². The Labute approximate surface area is 161 Å². The Kier molecular flexibility index (Phi) is 5.78. The fraction of sp³-hybridized carbons (Fsp3) is 0.250. The average molecular weight is 384 g/mol. The van der Waals surface area contributed by atoms with Gasteiger partial charge in [0, 0.05) is 18.2 Å². The Morgan fingerprint density at radius 3 is 2.89 bits per heavy atom. The first kappa shape index (κ1) is 19.2. The Morgan fingerprint density at radius 1 is 1.29 bits per heavy atom. The predicted molar refractivity (Wildman–Crippen MR) is 102 cm³/mol. The fourth-order valence-corrected chi connectivity index (χ4v) is 2.57. The van der Waals surface area contributed by atoms with Gasteiger partial charge >= 0.3 is 5.97 Å². The summed E-state index contributed by atoms with van der Waals surface area (Å²) in [5, 5.41) is 5.43. The summed E-state index contributed by atoms with van der Waals surface area (Å²) in [6.45, 7) is 1.66. The van der Waals surface area contributed by atoms with Crippen molar-refractivity contribution in [2.75, 3.05) is 17.7 Å². The van der Waals surface area contributed by atoms with E-state index in [2.05, 4.69) is 15.4 Å². The molecule has 1 atom stereocenters. The minimum atomic E-state index is -0.554. The van der Waals surface area contributed by atoms with Gasteiger partial charge in [-0.15, -0.1) is 0 Å². The molecule has 1 aliphatic heterocycles. The second-order valence-corrected chi connectivity index (χ2v) is 6.16. The number of hydrogen-bond acceptors (Lipinski definition) is 6. The number of aryl methyl sites for hydroxylation is 1. The summed E-state index contributed by atoms with van der Waals surface area (Å²) in [6.07, 6.45) is 2.96. The highest BCUT2D eigenvalue weighted by Crippen LogP contribution is 2.32. The first-order valence-corrected chi connectivity index (χ1v) is 8.71. The second kappa shape index (κ2) is 8.43. The number of anilines is 2. The molecule has 3 rings (SSSR count). The molecule has 1 aromatic heterocycles. The molecule has 8 nitrogen and oxygen atoms in total. The number of fused-ring (bicyclic) bond motifs is 1. The number of esters is 1. The maximum atomic E-state index is 12.1. The van der Waals surface area contributed by atoms with Crippen LogP contribution in [0.1, 0.15) is 24.9 Å². The molecule has 146 valence electrons. The van der Waals surface area contributed by atoms with Crippen LogP contribution in [0.4, 0.5) is 11.4 Å². The molecule has 0 fully saturated rings. The highest BCUT2D eigenvalue weighted by Gasteiger charge is 2.23. The molecule has 1 aliphatic rings. The number of amides is 2. The lowest BCUT2D eigenvalue weighted by molar-refractivity contribution is -0.140. The molecular formula is C20H20N2O6. The number of carbonyl (C=O) groups is 3. The number of benzene rings is 1. The van der Waals surface area contributed by atoms with Crippen molar-refractivity contribution in [1.82, 2.24) is 0 Å². The van der Waals surface area contributed by atoms with Gasteiger partial charge in [0.15, 0.2) is 6.10 Å². The molecule has 0 bridgehead atoms. The van der Waals surface area contributed by atoms with Crippen molar-refractivity contribution in [1.29, 1.82) is 0 Å². The summed E-state index contributed by atoms with van der Waals surface area (Å²) in [5.74, 6) is 0.769. The summed E-state index contributed by atoms with van der Waals surface area (Å²) >= 11 is 0. The molecule has 0 saturated carbocycles. The van der Waals surface area contributed by atoms with E-state index in [0.717, 1.165) is 0 Å². The normalized spacial score (nSPS) is 15.5. The van der Waals surface area contributed by atoms with Crippen LogP contribution in [0, 0.1) is 0 Å². The highest BCUT2D eigenvalue weighted by molar-refractivity contribution is 6.03. The minimum Gasteiger partial charge on any atom is -0.479 e. The Morgan fingerprint density at radius 2 is 2.11 bits per heavy atom. The molecule has 1 aromatic carbocycles. The zero-order chi connectivity index (χ0) is 20.1. The van der Waals surface area contributed by atoms with Crippen molar-refractivity contribution in [2.24, 2.45) is 0 Å². The number of ether oxygens (including phenoxy) is 2. The number of furan rings is 1. The summed E-state index contributed by atoms with van der Waals surface area (Å²) in [4.78, 5) is 34.9. The summed E-state index contributed by atoms with van der Waals surface area (Å²) in [5.41, 5.74) is 1.02. The Balaban J connectivity index is 1.57. The van der Waals surface area contributed by atoms with Gasteiger partial charge in [-0.05, 0) is 43.3 Å². The van der Waals surface area contributed by atoms with Crippen LogP contribution in [0.3, 0.4) is 0 Å². The van der Waals surface area contributed by atoms with E-state index in [1.807, 2.05) is 0 Å². The third kappa shape index (κ3) is 4.79. The van der Waals surface area contributed by atoms with E-state index in [1.165, 1.54) is 19.3 Å². The van der Waals surface area contributed by atoms with Crippen LogP contribution in [0.5, 0.6) is 5.75 Å².